The molecule has 20 heavy (non-hydrogen) atoms. The molecule has 108 valence electrons. The third-order valence-electron chi connectivity index (χ3n) is 3.45. The first kappa shape index (κ1) is 14.5. The third-order valence-corrected chi connectivity index (χ3v) is 3.45. The predicted octanol–water partition coefficient (Wildman–Crippen LogP) is 1.01. The van der Waals surface area contributed by atoms with Crippen molar-refractivity contribution < 1.29 is 9.59 Å². The summed E-state index contributed by atoms with van der Waals surface area (Å²) in [5.74, 6) is 0.0646. The molecule has 2 amide bonds. The van der Waals surface area contributed by atoms with Crippen molar-refractivity contribution in [1.82, 2.24) is 10.2 Å². The van der Waals surface area contributed by atoms with E-state index in [-0.39, 0.29) is 17.9 Å². The zero-order chi connectivity index (χ0) is 14.5. The smallest absolute Gasteiger partial charge is 0.227 e. The van der Waals surface area contributed by atoms with E-state index in [0.29, 0.717) is 6.42 Å². The number of hydrogen-bond donors (Lipinski definition) is 2. The Hall–Kier alpha value is -1.88. The Morgan fingerprint density at radius 2 is 2.05 bits per heavy atom. The quantitative estimate of drug-likeness (QED) is 0.865. The van der Waals surface area contributed by atoms with Gasteiger partial charge in [0.15, 0.2) is 0 Å². The Bertz CT molecular complexity index is 484. The lowest BCUT2D eigenvalue weighted by atomic mass is 10.1. The van der Waals surface area contributed by atoms with E-state index in [1.807, 2.05) is 29.2 Å². The minimum atomic E-state index is -0.0940. The van der Waals surface area contributed by atoms with Crippen molar-refractivity contribution in [1.29, 1.82) is 0 Å². The Morgan fingerprint density at radius 3 is 2.65 bits per heavy atom. The first-order valence-electron chi connectivity index (χ1n) is 6.93. The van der Waals surface area contributed by atoms with E-state index in [9.17, 15) is 9.59 Å². The van der Waals surface area contributed by atoms with Crippen LogP contribution in [-0.4, -0.2) is 42.4 Å². The molecule has 5 heteroatoms. The molecule has 2 rings (SSSR count). The number of anilines is 1. The summed E-state index contributed by atoms with van der Waals surface area (Å²) >= 11 is 0. The third kappa shape index (κ3) is 3.81. The van der Waals surface area contributed by atoms with Gasteiger partial charge >= 0.3 is 0 Å². The first-order valence-corrected chi connectivity index (χ1v) is 6.93. The lowest BCUT2D eigenvalue weighted by Crippen LogP contribution is -2.52. The number of carbonyl (C=O) groups is 2. The minimum absolute atomic E-state index is 0.0940. The summed E-state index contributed by atoms with van der Waals surface area (Å²) in [6, 6.07) is 7.66. The van der Waals surface area contributed by atoms with Gasteiger partial charge in [0.25, 0.3) is 0 Å². The maximum Gasteiger partial charge on any atom is 0.227 e. The van der Waals surface area contributed by atoms with Crippen LogP contribution in [0, 0.1) is 0 Å². The second-order valence-electron chi connectivity index (χ2n) is 5.20. The van der Waals surface area contributed by atoms with Gasteiger partial charge in [0.05, 0.1) is 6.42 Å². The molecule has 0 unspecified atom stereocenters. The van der Waals surface area contributed by atoms with Crippen LogP contribution < -0.4 is 10.6 Å². The van der Waals surface area contributed by atoms with Crippen molar-refractivity contribution in [2.24, 2.45) is 0 Å². The van der Waals surface area contributed by atoms with Gasteiger partial charge in [-0.05, 0) is 24.6 Å². The Balaban J connectivity index is 1.95. The average molecular weight is 275 g/mol. The number of benzene rings is 1. The SMILES string of the molecule is CC(=O)Nc1ccc(CC(=O)N2CCNC[C@@H]2C)cc1. The van der Waals surface area contributed by atoms with Crippen molar-refractivity contribution in [3.8, 4) is 0 Å². The number of nitrogens with one attached hydrogen (secondary N) is 2. The second kappa shape index (κ2) is 6.52. The first-order chi connectivity index (χ1) is 9.56. The minimum Gasteiger partial charge on any atom is -0.337 e. The molecule has 1 atom stereocenters. The zero-order valence-corrected chi connectivity index (χ0v) is 12.0. The molecule has 0 saturated carbocycles. The molecule has 1 aromatic rings. The number of nitrogens with zero attached hydrogens (tertiary/aromatic N) is 1. The Labute approximate surface area is 119 Å². The summed E-state index contributed by atoms with van der Waals surface area (Å²) in [6.45, 7) is 6.02. The van der Waals surface area contributed by atoms with E-state index in [1.54, 1.807) is 0 Å². The van der Waals surface area contributed by atoms with Gasteiger partial charge in [-0.1, -0.05) is 12.1 Å². The van der Waals surface area contributed by atoms with Gasteiger partial charge < -0.3 is 15.5 Å². The summed E-state index contributed by atoms with van der Waals surface area (Å²) in [5, 5.41) is 5.99. The number of hydrogen-bond acceptors (Lipinski definition) is 3. The van der Waals surface area contributed by atoms with Crippen molar-refractivity contribution in [3.63, 3.8) is 0 Å². The van der Waals surface area contributed by atoms with E-state index in [4.69, 9.17) is 0 Å². The number of piperazine rings is 1. The van der Waals surface area contributed by atoms with Crippen LogP contribution in [0.5, 0.6) is 0 Å². The van der Waals surface area contributed by atoms with E-state index in [2.05, 4.69) is 17.6 Å². The molecule has 1 aliphatic heterocycles. The zero-order valence-electron chi connectivity index (χ0n) is 12.0. The lowest BCUT2D eigenvalue weighted by Gasteiger charge is -2.34. The average Bonchev–Trinajstić information content (AvgIpc) is 2.41. The van der Waals surface area contributed by atoms with Gasteiger partial charge in [0, 0.05) is 38.3 Å². The Morgan fingerprint density at radius 1 is 1.35 bits per heavy atom. The fourth-order valence-corrected chi connectivity index (χ4v) is 2.40. The van der Waals surface area contributed by atoms with Gasteiger partial charge in [-0.2, -0.15) is 0 Å². The van der Waals surface area contributed by atoms with Crippen LogP contribution in [-0.2, 0) is 16.0 Å². The van der Waals surface area contributed by atoms with Crippen molar-refractivity contribution in [2.45, 2.75) is 26.3 Å². The fourth-order valence-electron chi connectivity index (χ4n) is 2.40. The van der Waals surface area contributed by atoms with Crippen molar-refractivity contribution >= 4 is 17.5 Å². The van der Waals surface area contributed by atoms with Crippen LogP contribution in [0.15, 0.2) is 24.3 Å². The van der Waals surface area contributed by atoms with Gasteiger partial charge in [0.1, 0.15) is 0 Å². The molecule has 5 nitrogen and oxygen atoms in total. The molecule has 1 aromatic carbocycles. The molecule has 1 fully saturated rings. The maximum atomic E-state index is 12.3. The van der Waals surface area contributed by atoms with Crippen LogP contribution in [0.3, 0.4) is 0 Å². The largest absolute Gasteiger partial charge is 0.337 e. The molecule has 1 saturated heterocycles. The highest BCUT2D eigenvalue weighted by Crippen LogP contribution is 2.12. The monoisotopic (exact) mass is 275 g/mol. The lowest BCUT2D eigenvalue weighted by molar-refractivity contribution is -0.133. The highest BCUT2D eigenvalue weighted by Gasteiger charge is 2.22. The molecule has 0 spiro atoms. The van der Waals surface area contributed by atoms with E-state index < -0.39 is 0 Å². The van der Waals surface area contributed by atoms with Gasteiger partial charge in [-0.25, -0.2) is 0 Å². The van der Waals surface area contributed by atoms with Crippen LogP contribution in [0.2, 0.25) is 0 Å². The molecule has 0 radical (unpaired) electrons. The van der Waals surface area contributed by atoms with E-state index in [0.717, 1.165) is 30.9 Å². The molecule has 1 aliphatic rings. The number of carbonyl (C=O) groups excluding carboxylic acids is 2. The molecule has 0 bridgehead atoms. The van der Waals surface area contributed by atoms with Crippen LogP contribution in [0.4, 0.5) is 5.69 Å². The van der Waals surface area contributed by atoms with Crippen molar-refractivity contribution in [3.05, 3.63) is 29.8 Å². The fraction of sp³-hybridized carbons (Fsp3) is 0.467. The maximum absolute atomic E-state index is 12.3. The van der Waals surface area contributed by atoms with Crippen LogP contribution in [0.1, 0.15) is 19.4 Å². The predicted molar refractivity (Wildman–Crippen MR) is 78.5 cm³/mol. The molecule has 0 aliphatic carbocycles. The molecule has 2 N–H and O–H groups in total. The standard InChI is InChI=1S/C15H21N3O2/c1-11-10-16-7-8-18(11)15(20)9-13-3-5-14(6-4-13)17-12(2)19/h3-6,11,16H,7-10H2,1-2H3,(H,17,19)/t11-/m0/s1. The summed E-state index contributed by atoms with van der Waals surface area (Å²) in [7, 11) is 0. The molecular formula is C15H21N3O2. The molecule has 1 heterocycles. The summed E-state index contributed by atoms with van der Waals surface area (Å²) in [4.78, 5) is 25.1. The topological polar surface area (TPSA) is 61.4 Å². The Kier molecular flexibility index (Phi) is 4.74. The highest BCUT2D eigenvalue weighted by atomic mass is 16.2. The van der Waals surface area contributed by atoms with E-state index >= 15 is 0 Å². The van der Waals surface area contributed by atoms with E-state index in [1.165, 1.54) is 6.92 Å². The molecule has 0 aromatic heterocycles. The van der Waals surface area contributed by atoms with Crippen LogP contribution >= 0.6 is 0 Å². The normalized spacial score (nSPS) is 18.7. The second-order valence-corrected chi connectivity index (χ2v) is 5.20. The van der Waals surface area contributed by atoms with Gasteiger partial charge in [0.2, 0.25) is 11.8 Å². The highest BCUT2D eigenvalue weighted by molar-refractivity contribution is 5.88. The number of amides is 2. The van der Waals surface area contributed by atoms with Crippen LogP contribution in [0.25, 0.3) is 0 Å². The summed E-state index contributed by atoms with van der Waals surface area (Å²) in [5.41, 5.74) is 1.72. The van der Waals surface area contributed by atoms with Crippen molar-refractivity contribution in [2.75, 3.05) is 25.0 Å². The summed E-state index contributed by atoms with van der Waals surface area (Å²) in [6.07, 6.45) is 0.407. The number of rotatable bonds is 3. The van der Waals surface area contributed by atoms with Gasteiger partial charge in [-0.3, -0.25) is 9.59 Å². The van der Waals surface area contributed by atoms with Gasteiger partial charge in [-0.15, -0.1) is 0 Å². The molecular weight excluding hydrogens is 254 g/mol. The summed E-state index contributed by atoms with van der Waals surface area (Å²) < 4.78 is 0.